The van der Waals surface area contributed by atoms with E-state index in [0.717, 1.165) is 52.9 Å². The summed E-state index contributed by atoms with van der Waals surface area (Å²) in [5, 5.41) is 42.1. The molecule has 0 amide bonds. The van der Waals surface area contributed by atoms with Crippen molar-refractivity contribution >= 4 is 107 Å². The molecule has 0 unspecified atom stereocenters. The number of pyridine rings is 4. The van der Waals surface area contributed by atoms with E-state index in [-0.39, 0.29) is 50.1 Å². The molecular formula is C32H20Br4N5O5Tb. The third-order valence-corrected chi connectivity index (χ3v) is 8.79. The van der Waals surface area contributed by atoms with Gasteiger partial charge in [-0.2, -0.15) is 0 Å². The third kappa shape index (κ3) is 9.92. The number of aryl methyl sites for hydroxylation is 2. The van der Waals surface area contributed by atoms with Gasteiger partial charge in [0.25, 0.3) is 0 Å². The minimum absolute atomic E-state index is 0. The first-order chi connectivity index (χ1) is 21.9. The van der Waals surface area contributed by atoms with Gasteiger partial charge in [-0.25, -0.2) is 0 Å². The van der Waals surface area contributed by atoms with Crippen molar-refractivity contribution in [2.24, 2.45) is 0 Å². The smallest absolute Gasteiger partial charge is 0.870 e. The minimum atomic E-state index is -1.75. The van der Waals surface area contributed by atoms with Gasteiger partial charge in [0, 0.05) is 63.2 Å². The van der Waals surface area contributed by atoms with Crippen LogP contribution in [0.3, 0.4) is 0 Å². The van der Waals surface area contributed by atoms with Crippen molar-refractivity contribution in [2.45, 2.75) is 13.8 Å². The molecule has 4 heterocycles. The van der Waals surface area contributed by atoms with Crippen LogP contribution in [0.15, 0.2) is 103 Å². The maximum absolute atomic E-state index is 11.7. The molecule has 47 heavy (non-hydrogen) atoms. The van der Waals surface area contributed by atoms with Crippen LogP contribution in [0.5, 0.6) is 11.5 Å². The van der Waals surface area contributed by atoms with E-state index in [9.17, 15) is 10.2 Å². The molecule has 15 heteroatoms. The molecule has 4 aromatic heterocycles. The Morgan fingerprint density at radius 2 is 0.936 bits per heavy atom. The van der Waals surface area contributed by atoms with E-state index in [0.29, 0.717) is 20.0 Å². The predicted molar refractivity (Wildman–Crippen MR) is 190 cm³/mol. The molecule has 0 spiro atoms. The fourth-order valence-electron chi connectivity index (χ4n) is 4.26. The molecule has 0 saturated carbocycles. The van der Waals surface area contributed by atoms with Gasteiger partial charge >= 0.3 is 38.6 Å². The summed E-state index contributed by atoms with van der Waals surface area (Å²) >= 11 is 13.2. The first-order valence-corrected chi connectivity index (χ1v) is 16.3. The molecule has 0 aliphatic carbocycles. The first kappa shape index (κ1) is 38.8. The summed E-state index contributed by atoms with van der Waals surface area (Å²) in [4.78, 5) is 25.4. The third-order valence-electron chi connectivity index (χ3n) is 6.30. The van der Waals surface area contributed by atoms with Gasteiger partial charge in [0.15, 0.2) is 0 Å². The van der Waals surface area contributed by atoms with E-state index in [4.69, 9.17) is 15.3 Å². The van der Waals surface area contributed by atoms with Crippen LogP contribution < -0.4 is 10.2 Å². The second-order valence-corrected chi connectivity index (χ2v) is 12.9. The van der Waals surface area contributed by atoms with Gasteiger partial charge in [0.1, 0.15) is 0 Å². The molecule has 7 aromatic rings. The Morgan fingerprint density at radius 3 is 1.30 bits per heavy atom. The Bertz CT molecular complexity index is 2070. The Kier molecular flexibility index (Phi) is 14.5. The van der Waals surface area contributed by atoms with Crippen LogP contribution in [0.25, 0.3) is 43.6 Å². The zero-order valence-electron chi connectivity index (χ0n) is 24.2. The predicted octanol–water partition coefficient (Wildman–Crippen LogP) is 8.83. The molecule has 0 fully saturated rings. The average molecular weight is 1030 g/mol. The number of aromatic nitrogens is 4. The molecular weight excluding hydrogens is 1010 g/mol. The Balaban J connectivity index is 0.000000179. The topological polar surface area (TPSA) is 164 Å². The molecule has 10 nitrogen and oxygen atoms in total. The molecule has 0 atom stereocenters. The number of hydrogen-bond donors (Lipinski definition) is 0. The van der Waals surface area contributed by atoms with Gasteiger partial charge in [0.2, 0.25) is 0 Å². The van der Waals surface area contributed by atoms with E-state index in [1.807, 2.05) is 50.2 Å². The van der Waals surface area contributed by atoms with Crippen LogP contribution in [0.4, 0.5) is 0 Å². The standard InChI is InChI=1S/C12H8N2.2C10H7Br2NO.NO3.Tb/c1-3-9-5-6-10-4-2-8-14-12(10)11(9)13-7-1;2*1-5-2-3-6-7(11)4-8(12)10(14)9(6)13-5;2-1(3)4;/h1-8H;2*2-4,14H,1H3;;/q;;;-1;+3/p-2. The summed E-state index contributed by atoms with van der Waals surface area (Å²) in [6.45, 7) is 3.74. The van der Waals surface area contributed by atoms with Crippen LogP contribution in [0, 0.1) is 67.8 Å². The summed E-state index contributed by atoms with van der Waals surface area (Å²) in [5.74, 6) is -0.126. The Hall–Kier alpha value is -2.69. The van der Waals surface area contributed by atoms with E-state index < -0.39 is 5.09 Å². The second-order valence-electron chi connectivity index (χ2n) is 9.48. The fraction of sp³-hybridized carbons (Fsp3) is 0.0625. The number of benzene rings is 3. The minimum Gasteiger partial charge on any atom is -0.870 e. The maximum atomic E-state index is 11.7. The molecule has 0 bridgehead atoms. The quantitative estimate of drug-likeness (QED) is 0.0821. The number of hydrogen-bond acceptors (Lipinski definition) is 9. The number of nitrogens with zero attached hydrogens (tertiary/aromatic N) is 5. The van der Waals surface area contributed by atoms with Crippen LogP contribution >= 0.6 is 63.7 Å². The van der Waals surface area contributed by atoms with Gasteiger partial charge in [-0.05, 0) is 62.4 Å². The summed E-state index contributed by atoms with van der Waals surface area (Å²) in [5.41, 5.74) is 4.66. The van der Waals surface area contributed by atoms with Crippen LogP contribution in [-0.4, -0.2) is 25.0 Å². The van der Waals surface area contributed by atoms with Gasteiger partial charge in [-0.15, -0.1) is 0 Å². The molecule has 0 aliphatic heterocycles. The normalized spacial score (nSPS) is 10.2. The van der Waals surface area contributed by atoms with E-state index >= 15 is 0 Å². The van der Waals surface area contributed by atoms with Gasteiger partial charge in [-0.3, -0.25) is 19.9 Å². The van der Waals surface area contributed by atoms with Gasteiger partial charge in [-0.1, -0.05) is 99.5 Å². The Morgan fingerprint density at radius 1 is 0.574 bits per heavy atom. The summed E-state index contributed by atoms with van der Waals surface area (Å²) in [6.07, 6.45) is 3.60. The monoisotopic (exact) mass is 1030 g/mol. The van der Waals surface area contributed by atoms with Crippen molar-refractivity contribution in [3.63, 3.8) is 0 Å². The van der Waals surface area contributed by atoms with E-state index in [2.05, 4.69) is 108 Å². The SMILES string of the molecule is Cc1ccc2c(Br)cc(Br)c([O-])c2n1.Cc1ccc2c(Br)cc(Br)c([O-])c2n1.O=[N+]([O-])[O-].[Tb+3].c1cnc2c(c1)ccc1cccnc12. The number of fused-ring (bicyclic) bond motifs is 5. The molecule has 0 N–H and O–H groups in total. The number of rotatable bonds is 0. The van der Waals surface area contributed by atoms with Crippen molar-refractivity contribution in [3.8, 4) is 11.5 Å². The van der Waals surface area contributed by atoms with Crippen LogP contribution in [0.1, 0.15) is 11.4 Å². The molecule has 0 radical (unpaired) electrons. The van der Waals surface area contributed by atoms with Crippen molar-refractivity contribution in [3.05, 3.63) is 130 Å². The van der Waals surface area contributed by atoms with Crippen LogP contribution in [-0.2, 0) is 0 Å². The summed E-state index contributed by atoms with van der Waals surface area (Å²) < 4.78 is 2.84. The fourth-order valence-corrected chi connectivity index (χ4v) is 6.81. The van der Waals surface area contributed by atoms with Gasteiger partial charge < -0.3 is 25.5 Å². The molecule has 240 valence electrons. The molecule has 0 aliphatic rings. The average Bonchev–Trinajstić information content (AvgIpc) is 3.03. The zero-order valence-corrected chi connectivity index (χ0v) is 32.7. The molecule has 3 aromatic carbocycles. The summed E-state index contributed by atoms with van der Waals surface area (Å²) in [6, 6.07) is 23.2. The zero-order chi connectivity index (χ0) is 33.5. The van der Waals surface area contributed by atoms with E-state index in [1.165, 1.54) is 0 Å². The van der Waals surface area contributed by atoms with Crippen molar-refractivity contribution < 1.29 is 53.9 Å². The largest absolute Gasteiger partial charge is 3.00 e. The second kappa shape index (κ2) is 17.6. The summed E-state index contributed by atoms with van der Waals surface area (Å²) in [7, 11) is 0. The number of halogens is 4. The van der Waals surface area contributed by atoms with E-state index in [1.54, 1.807) is 24.5 Å². The van der Waals surface area contributed by atoms with Crippen molar-refractivity contribution in [1.29, 1.82) is 0 Å². The molecule has 0 saturated heterocycles. The first-order valence-electron chi connectivity index (χ1n) is 13.1. The molecule has 7 rings (SSSR count). The van der Waals surface area contributed by atoms with Gasteiger partial charge in [0.05, 0.1) is 27.2 Å². The van der Waals surface area contributed by atoms with Crippen LogP contribution in [0.2, 0.25) is 0 Å². The van der Waals surface area contributed by atoms with Crippen molar-refractivity contribution in [1.82, 2.24) is 19.9 Å². The Labute approximate surface area is 332 Å². The maximum Gasteiger partial charge on any atom is 3.00 e. The van der Waals surface area contributed by atoms with Crippen molar-refractivity contribution in [2.75, 3.05) is 0 Å².